The molecule has 1 aliphatic rings. The standard InChI is InChI=1S/C25H28FN5O2S/c1-3-21-27-25-31(28-21)24(32)23(34-25)22(17-9-11-18(12-10-17)33-4-2)30-15-13-29(14-16-30)20-8-6-5-7-19(20)26/h5-12,22,32H,3-4,13-16H2,1-2H3/t22-/m0/s1. The van der Waals surface area contributed by atoms with Crippen molar-refractivity contribution in [1.29, 1.82) is 0 Å². The summed E-state index contributed by atoms with van der Waals surface area (Å²) in [5.74, 6) is 1.45. The van der Waals surface area contributed by atoms with Crippen LogP contribution in [0.25, 0.3) is 4.96 Å². The number of fused-ring (bicyclic) bond motifs is 1. The van der Waals surface area contributed by atoms with Gasteiger partial charge in [0, 0.05) is 32.6 Å². The molecule has 1 fully saturated rings. The zero-order valence-electron chi connectivity index (χ0n) is 19.3. The first-order chi connectivity index (χ1) is 16.6. The summed E-state index contributed by atoms with van der Waals surface area (Å²) in [5.41, 5.74) is 1.69. The van der Waals surface area contributed by atoms with Gasteiger partial charge in [-0.3, -0.25) is 4.90 Å². The third kappa shape index (κ3) is 4.21. The number of benzene rings is 2. The summed E-state index contributed by atoms with van der Waals surface area (Å²) in [6.07, 6.45) is 0.712. The number of hydrogen-bond donors (Lipinski definition) is 1. The van der Waals surface area contributed by atoms with Crippen molar-refractivity contribution in [3.05, 3.63) is 70.6 Å². The van der Waals surface area contributed by atoms with Crippen LogP contribution in [0.15, 0.2) is 48.5 Å². The molecule has 5 rings (SSSR count). The third-order valence-corrected chi connectivity index (χ3v) is 7.26. The fourth-order valence-corrected chi connectivity index (χ4v) is 5.62. The predicted octanol–water partition coefficient (Wildman–Crippen LogP) is 4.51. The molecular weight excluding hydrogens is 453 g/mol. The van der Waals surface area contributed by atoms with E-state index in [0.29, 0.717) is 42.6 Å². The first-order valence-electron chi connectivity index (χ1n) is 11.6. The molecule has 34 heavy (non-hydrogen) atoms. The summed E-state index contributed by atoms with van der Waals surface area (Å²) in [6, 6.07) is 14.8. The molecule has 0 saturated carbocycles. The van der Waals surface area contributed by atoms with Crippen LogP contribution in [0.4, 0.5) is 10.1 Å². The van der Waals surface area contributed by atoms with Crippen molar-refractivity contribution in [2.75, 3.05) is 37.7 Å². The van der Waals surface area contributed by atoms with Gasteiger partial charge < -0.3 is 14.7 Å². The van der Waals surface area contributed by atoms with Gasteiger partial charge >= 0.3 is 0 Å². The Balaban J connectivity index is 1.47. The molecule has 2 aromatic carbocycles. The maximum absolute atomic E-state index is 14.3. The van der Waals surface area contributed by atoms with E-state index in [1.807, 2.05) is 50.2 Å². The van der Waals surface area contributed by atoms with Crippen molar-refractivity contribution in [3.63, 3.8) is 0 Å². The smallest absolute Gasteiger partial charge is 0.230 e. The minimum Gasteiger partial charge on any atom is -0.494 e. The van der Waals surface area contributed by atoms with Crippen molar-refractivity contribution >= 4 is 22.0 Å². The molecule has 1 atom stereocenters. The van der Waals surface area contributed by atoms with Gasteiger partial charge in [0.1, 0.15) is 11.6 Å². The fourth-order valence-electron chi connectivity index (χ4n) is 4.49. The number of aromatic nitrogens is 3. The van der Waals surface area contributed by atoms with E-state index in [-0.39, 0.29) is 17.7 Å². The first kappa shape index (κ1) is 22.6. The number of aryl methyl sites for hydroxylation is 1. The number of piperazine rings is 1. The van der Waals surface area contributed by atoms with Crippen molar-refractivity contribution in [1.82, 2.24) is 19.5 Å². The van der Waals surface area contributed by atoms with Gasteiger partial charge in [-0.05, 0) is 36.8 Å². The van der Waals surface area contributed by atoms with Gasteiger partial charge in [-0.15, -0.1) is 5.10 Å². The lowest BCUT2D eigenvalue weighted by molar-refractivity contribution is 0.210. The van der Waals surface area contributed by atoms with Gasteiger partial charge in [0.05, 0.1) is 23.2 Å². The molecule has 0 radical (unpaired) electrons. The van der Waals surface area contributed by atoms with E-state index in [1.165, 1.54) is 21.9 Å². The molecule has 0 spiro atoms. The predicted molar refractivity (Wildman–Crippen MR) is 132 cm³/mol. The van der Waals surface area contributed by atoms with Crippen LogP contribution in [-0.2, 0) is 6.42 Å². The Bertz CT molecular complexity index is 1260. The van der Waals surface area contributed by atoms with Gasteiger partial charge in [0.25, 0.3) is 0 Å². The number of thiazole rings is 1. The molecule has 4 aromatic rings. The minimum absolute atomic E-state index is 0.127. The average molecular weight is 482 g/mol. The molecule has 0 unspecified atom stereocenters. The van der Waals surface area contributed by atoms with Gasteiger partial charge in [0.2, 0.25) is 10.8 Å². The number of anilines is 1. The van der Waals surface area contributed by atoms with E-state index in [1.54, 1.807) is 6.07 Å². The fraction of sp³-hybridized carbons (Fsp3) is 0.360. The lowest BCUT2D eigenvalue weighted by Crippen LogP contribution is -2.48. The van der Waals surface area contributed by atoms with E-state index >= 15 is 0 Å². The number of hydrogen-bond acceptors (Lipinski definition) is 7. The average Bonchev–Trinajstić information content (AvgIpc) is 3.40. The van der Waals surface area contributed by atoms with E-state index in [4.69, 9.17) is 4.74 Å². The highest BCUT2D eigenvalue weighted by Crippen LogP contribution is 2.41. The van der Waals surface area contributed by atoms with Crippen molar-refractivity contribution in [2.45, 2.75) is 26.3 Å². The van der Waals surface area contributed by atoms with Crippen LogP contribution in [0.5, 0.6) is 11.6 Å². The second-order valence-electron chi connectivity index (χ2n) is 8.24. The second kappa shape index (κ2) is 9.60. The normalized spacial score (nSPS) is 15.7. The maximum atomic E-state index is 14.3. The Hall–Kier alpha value is -3.17. The molecule has 1 aliphatic heterocycles. The quantitative estimate of drug-likeness (QED) is 0.419. The number of ether oxygens (including phenoxy) is 1. The Morgan fingerprint density at radius 2 is 1.79 bits per heavy atom. The Kier molecular flexibility index (Phi) is 6.38. The molecule has 178 valence electrons. The van der Waals surface area contributed by atoms with Crippen LogP contribution in [0.1, 0.15) is 36.2 Å². The van der Waals surface area contributed by atoms with Crippen LogP contribution in [0.3, 0.4) is 0 Å². The lowest BCUT2D eigenvalue weighted by atomic mass is 10.0. The third-order valence-electron chi connectivity index (χ3n) is 6.19. The molecule has 3 heterocycles. The van der Waals surface area contributed by atoms with Crippen molar-refractivity contribution in [2.24, 2.45) is 0 Å². The zero-order chi connectivity index (χ0) is 23.7. The van der Waals surface area contributed by atoms with Gasteiger partial charge in [-0.2, -0.15) is 4.52 Å². The highest BCUT2D eigenvalue weighted by atomic mass is 32.1. The SMILES string of the molecule is CCOc1ccc([C@@H](c2sc3nc(CC)nn3c2O)N2CCN(c3ccccc3F)CC2)cc1. The molecule has 9 heteroatoms. The molecule has 0 aliphatic carbocycles. The first-order valence-corrected chi connectivity index (χ1v) is 12.4. The van der Waals surface area contributed by atoms with Crippen LogP contribution >= 0.6 is 11.3 Å². The van der Waals surface area contributed by atoms with Crippen LogP contribution in [0, 0.1) is 5.82 Å². The topological polar surface area (TPSA) is 66.1 Å². The second-order valence-corrected chi connectivity index (χ2v) is 9.25. The number of aromatic hydroxyl groups is 1. The monoisotopic (exact) mass is 481 g/mol. The Morgan fingerprint density at radius 3 is 2.44 bits per heavy atom. The summed E-state index contributed by atoms with van der Waals surface area (Å²) in [7, 11) is 0. The van der Waals surface area contributed by atoms with E-state index in [0.717, 1.165) is 29.3 Å². The molecule has 7 nitrogen and oxygen atoms in total. The number of nitrogens with zero attached hydrogens (tertiary/aromatic N) is 5. The van der Waals surface area contributed by atoms with Crippen LogP contribution in [0.2, 0.25) is 0 Å². The highest BCUT2D eigenvalue weighted by Gasteiger charge is 2.32. The summed E-state index contributed by atoms with van der Waals surface area (Å²) >= 11 is 1.46. The lowest BCUT2D eigenvalue weighted by Gasteiger charge is -2.40. The molecule has 0 bridgehead atoms. The minimum atomic E-state index is -0.200. The van der Waals surface area contributed by atoms with Crippen molar-refractivity contribution in [3.8, 4) is 11.6 Å². The molecule has 1 saturated heterocycles. The van der Waals surface area contributed by atoms with E-state index in [2.05, 4.69) is 19.9 Å². The zero-order valence-corrected chi connectivity index (χ0v) is 20.1. The number of halogens is 1. The van der Waals surface area contributed by atoms with E-state index in [9.17, 15) is 9.50 Å². The van der Waals surface area contributed by atoms with Crippen LogP contribution in [-0.4, -0.2) is 57.4 Å². The van der Waals surface area contributed by atoms with Crippen LogP contribution < -0.4 is 9.64 Å². The molecule has 1 N–H and O–H groups in total. The number of rotatable bonds is 7. The molecule has 2 aromatic heterocycles. The van der Waals surface area contributed by atoms with E-state index < -0.39 is 0 Å². The summed E-state index contributed by atoms with van der Waals surface area (Å²) in [6.45, 7) is 7.39. The number of para-hydroxylation sites is 1. The van der Waals surface area contributed by atoms with Gasteiger partial charge in [-0.25, -0.2) is 9.37 Å². The summed E-state index contributed by atoms with van der Waals surface area (Å²) in [4.78, 5) is 10.5. The summed E-state index contributed by atoms with van der Waals surface area (Å²) < 4.78 is 21.5. The Labute approximate surface area is 202 Å². The molecular formula is C25H28FN5O2S. The highest BCUT2D eigenvalue weighted by molar-refractivity contribution is 7.17. The van der Waals surface area contributed by atoms with Gasteiger partial charge in [-0.1, -0.05) is 42.5 Å². The largest absolute Gasteiger partial charge is 0.494 e. The Morgan fingerprint density at radius 1 is 1.06 bits per heavy atom. The summed E-state index contributed by atoms with van der Waals surface area (Å²) in [5, 5.41) is 15.6. The van der Waals surface area contributed by atoms with Crippen molar-refractivity contribution < 1.29 is 14.2 Å². The maximum Gasteiger partial charge on any atom is 0.230 e. The van der Waals surface area contributed by atoms with Gasteiger partial charge in [0.15, 0.2) is 5.82 Å². The molecule has 0 amide bonds.